The summed E-state index contributed by atoms with van der Waals surface area (Å²) < 4.78 is 32.9. The first-order chi connectivity index (χ1) is 12.8. The van der Waals surface area contributed by atoms with Crippen molar-refractivity contribution >= 4 is 55.2 Å². The van der Waals surface area contributed by atoms with E-state index in [1.165, 1.54) is 27.8 Å². The average Bonchev–Trinajstić information content (AvgIpc) is 3.22. The molecule has 0 saturated heterocycles. The number of benzene rings is 1. The van der Waals surface area contributed by atoms with Crippen LogP contribution in [0.15, 0.2) is 55.8 Å². The summed E-state index contributed by atoms with van der Waals surface area (Å²) in [4.78, 5) is 17.4. The number of ether oxygens (including phenoxy) is 1. The van der Waals surface area contributed by atoms with Crippen LogP contribution in [0, 0.1) is 0 Å². The van der Waals surface area contributed by atoms with Crippen LogP contribution in [0.2, 0.25) is 0 Å². The molecule has 2 aromatic rings. The van der Waals surface area contributed by atoms with Gasteiger partial charge in [0.25, 0.3) is 0 Å². The van der Waals surface area contributed by atoms with Crippen molar-refractivity contribution in [3.8, 4) is 0 Å². The van der Waals surface area contributed by atoms with Gasteiger partial charge in [0.1, 0.15) is 0 Å². The number of hydrogen-bond donors (Lipinski definition) is 0. The molecule has 1 aliphatic heterocycles. The molecule has 0 N–H and O–H groups in total. The fourth-order valence-corrected chi connectivity index (χ4v) is 5.45. The van der Waals surface area contributed by atoms with Gasteiger partial charge >= 0.3 is 5.97 Å². The van der Waals surface area contributed by atoms with Gasteiger partial charge in [0.05, 0.1) is 4.90 Å². The summed E-state index contributed by atoms with van der Waals surface area (Å²) in [5.74, 6) is -0.468. The molecule has 9 heteroatoms. The first kappa shape index (κ1) is 19.9. The van der Waals surface area contributed by atoms with Gasteiger partial charge in [-0.3, -0.25) is 0 Å². The monoisotopic (exact) mass is 468 g/mol. The van der Waals surface area contributed by atoms with Crippen molar-refractivity contribution in [1.29, 1.82) is 0 Å². The Bertz CT molecular complexity index is 1040. The number of rotatable bonds is 6. The van der Waals surface area contributed by atoms with Crippen molar-refractivity contribution < 1.29 is 17.9 Å². The van der Waals surface area contributed by atoms with E-state index >= 15 is 0 Å². The van der Waals surface area contributed by atoms with Crippen molar-refractivity contribution in [3.63, 3.8) is 0 Å². The topological polar surface area (TPSA) is 76.0 Å². The maximum absolute atomic E-state index is 12.7. The molecule has 0 atom stereocenters. The second-order valence-corrected chi connectivity index (χ2v) is 9.42. The van der Waals surface area contributed by atoms with Crippen LogP contribution in [-0.2, 0) is 19.6 Å². The van der Waals surface area contributed by atoms with Gasteiger partial charge in [0, 0.05) is 33.4 Å². The molecule has 0 unspecified atom stereocenters. The van der Waals surface area contributed by atoms with E-state index in [1.807, 2.05) is 11.4 Å². The first-order valence-electron chi connectivity index (χ1n) is 8.22. The lowest BCUT2D eigenvalue weighted by molar-refractivity contribution is -0.129. The Morgan fingerprint density at radius 1 is 1.26 bits per heavy atom. The van der Waals surface area contributed by atoms with E-state index in [1.54, 1.807) is 32.1 Å². The maximum Gasteiger partial charge on any atom is 0.363 e. The second kappa shape index (κ2) is 8.05. The molecule has 1 aliphatic rings. The molecule has 2 heterocycles. The minimum absolute atomic E-state index is 0.0958. The summed E-state index contributed by atoms with van der Waals surface area (Å²) in [5.41, 5.74) is 0.615. The summed E-state index contributed by atoms with van der Waals surface area (Å²) in [6.07, 6.45) is 1.64. The van der Waals surface area contributed by atoms with Crippen molar-refractivity contribution in [2.75, 3.05) is 13.1 Å². The lowest BCUT2D eigenvalue weighted by atomic mass is 10.2. The van der Waals surface area contributed by atoms with Gasteiger partial charge in [0.2, 0.25) is 15.9 Å². The van der Waals surface area contributed by atoms with Crippen LogP contribution in [0.25, 0.3) is 6.08 Å². The molecule has 1 aromatic heterocycles. The zero-order valence-electron chi connectivity index (χ0n) is 14.7. The number of aliphatic imine (C=N–C) groups is 1. The van der Waals surface area contributed by atoms with E-state index in [4.69, 9.17) is 4.74 Å². The number of carbonyl (C=O) groups excluding carboxylic acids is 1. The van der Waals surface area contributed by atoms with Crippen LogP contribution in [0.5, 0.6) is 0 Å². The molecule has 27 heavy (non-hydrogen) atoms. The van der Waals surface area contributed by atoms with E-state index < -0.39 is 16.0 Å². The summed E-state index contributed by atoms with van der Waals surface area (Å²) in [5, 5.41) is 1.90. The number of hydrogen-bond acceptors (Lipinski definition) is 6. The molecule has 142 valence electrons. The number of carbonyl (C=O) groups is 1. The highest BCUT2D eigenvalue weighted by Crippen LogP contribution is 2.26. The minimum atomic E-state index is -3.61. The molecule has 0 amide bonds. The maximum atomic E-state index is 12.7. The Kier molecular flexibility index (Phi) is 5.95. The van der Waals surface area contributed by atoms with Gasteiger partial charge < -0.3 is 4.74 Å². The van der Waals surface area contributed by atoms with E-state index in [0.717, 1.165) is 9.35 Å². The zero-order chi connectivity index (χ0) is 19.6. The molecule has 0 fully saturated rings. The minimum Gasteiger partial charge on any atom is -0.402 e. The third-order valence-electron chi connectivity index (χ3n) is 3.91. The predicted molar refractivity (Wildman–Crippen MR) is 109 cm³/mol. The summed E-state index contributed by atoms with van der Waals surface area (Å²) in [7, 11) is -3.61. The fourth-order valence-electron chi connectivity index (χ4n) is 2.57. The molecule has 1 aromatic carbocycles. The second-order valence-electron chi connectivity index (χ2n) is 5.62. The van der Waals surface area contributed by atoms with Crippen molar-refractivity contribution in [2.24, 2.45) is 4.99 Å². The lowest BCUT2D eigenvalue weighted by Crippen LogP contribution is -2.30. The van der Waals surface area contributed by atoms with Gasteiger partial charge in [-0.2, -0.15) is 4.31 Å². The zero-order valence-corrected chi connectivity index (χ0v) is 17.9. The van der Waals surface area contributed by atoms with Gasteiger partial charge in [-0.15, -0.1) is 11.3 Å². The van der Waals surface area contributed by atoms with Gasteiger partial charge in [0.15, 0.2) is 5.70 Å². The molecule has 6 nitrogen and oxygen atoms in total. The fraction of sp³-hybridized carbons (Fsp3) is 0.222. The number of thiophene rings is 1. The van der Waals surface area contributed by atoms with E-state index in [2.05, 4.69) is 20.9 Å². The standard InChI is InChI=1S/C18H17BrN2O4S2/c1-3-21(4-2)27(23,24)15-7-5-6-12(8-15)17-20-16(18(22)25-17)10-14-9-13(19)11-26-14/h5-11H,3-4H2,1-2H3/b16-10-. The molecule has 0 bridgehead atoms. The van der Waals surface area contributed by atoms with Crippen LogP contribution in [-0.4, -0.2) is 37.7 Å². The summed E-state index contributed by atoms with van der Waals surface area (Å²) in [6.45, 7) is 4.33. The Balaban J connectivity index is 1.95. The van der Waals surface area contributed by atoms with Crippen LogP contribution in [0.3, 0.4) is 0 Å². The largest absolute Gasteiger partial charge is 0.402 e. The third kappa shape index (κ3) is 4.21. The predicted octanol–water partition coefficient (Wildman–Crippen LogP) is 3.89. The molecule has 0 aliphatic carbocycles. The molecule has 0 saturated carbocycles. The van der Waals surface area contributed by atoms with E-state index in [-0.39, 0.29) is 16.5 Å². The van der Waals surface area contributed by atoms with Crippen molar-refractivity contribution in [2.45, 2.75) is 18.7 Å². The van der Waals surface area contributed by atoms with Crippen LogP contribution >= 0.6 is 27.3 Å². The highest BCUT2D eigenvalue weighted by molar-refractivity contribution is 9.10. The number of sulfonamides is 1. The molecular formula is C18H17BrN2O4S2. The number of nitrogens with zero attached hydrogens (tertiary/aromatic N) is 2. The SMILES string of the molecule is CCN(CC)S(=O)(=O)c1cccc(C2=N/C(=C\c3cc(Br)cs3)C(=O)O2)c1. The normalized spacial score (nSPS) is 16.1. The quantitative estimate of drug-likeness (QED) is 0.475. The van der Waals surface area contributed by atoms with E-state index in [9.17, 15) is 13.2 Å². The van der Waals surface area contributed by atoms with Crippen LogP contribution in [0.4, 0.5) is 0 Å². The summed E-state index contributed by atoms with van der Waals surface area (Å²) >= 11 is 4.83. The van der Waals surface area contributed by atoms with Crippen molar-refractivity contribution in [1.82, 2.24) is 4.31 Å². The van der Waals surface area contributed by atoms with Gasteiger partial charge in [-0.05, 0) is 46.3 Å². The molecular weight excluding hydrogens is 452 g/mol. The average molecular weight is 469 g/mol. The highest BCUT2D eigenvalue weighted by atomic mass is 79.9. The number of esters is 1. The Morgan fingerprint density at radius 3 is 2.63 bits per heavy atom. The Hall–Kier alpha value is -1.81. The molecule has 0 spiro atoms. The van der Waals surface area contributed by atoms with Crippen molar-refractivity contribution in [3.05, 3.63) is 56.3 Å². The number of halogens is 1. The Morgan fingerprint density at radius 2 is 2.00 bits per heavy atom. The lowest BCUT2D eigenvalue weighted by Gasteiger charge is -2.18. The number of cyclic esters (lactones) is 1. The smallest absolute Gasteiger partial charge is 0.363 e. The van der Waals surface area contributed by atoms with Crippen LogP contribution in [0.1, 0.15) is 24.3 Å². The highest BCUT2D eigenvalue weighted by Gasteiger charge is 2.27. The molecule has 3 rings (SSSR count). The summed E-state index contributed by atoms with van der Waals surface area (Å²) in [6, 6.07) is 8.15. The van der Waals surface area contributed by atoms with Crippen LogP contribution < -0.4 is 0 Å². The first-order valence-corrected chi connectivity index (χ1v) is 11.3. The van der Waals surface area contributed by atoms with Gasteiger partial charge in [-0.1, -0.05) is 19.9 Å². The third-order valence-corrected chi connectivity index (χ3v) is 7.60. The van der Waals surface area contributed by atoms with E-state index in [0.29, 0.717) is 18.7 Å². The molecule has 0 radical (unpaired) electrons. The van der Waals surface area contributed by atoms with Gasteiger partial charge in [-0.25, -0.2) is 18.2 Å². The Labute approximate surface area is 170 Å².